The lowest BCUT2D eigenvalue weighted by molar-refractivity contribution is -0.163. The number of amides is 1. The normalized spacial score (nSPS) is 29.3. The Labute approximate surface area is 161 Å². The molecule has 1 fully saturated rings. The minimum Gasteiger partial charge on any atom is -0.477 e. The molecule has 142 valence electrons. The van der Waals surface area contributed by atoms with Crippen LogP contribution in [0.5, 0.6) is 0 Å². The predicted octanol–water partition coefficient (Wildman–Crippen LogP) is 0.749. The number of hydrogen-bond acceptors (Lipinski definition) is 6. The fraction of sp³-hybridized carbons (Fsp3) is 0.588. The van der Waals surface area contributed by atoms with E-state index in [0.717, 1.165) is 13.0 Å². The third-order valence-corrected chi connectivity index (χ3v) is 7.06. The molecular weight excluding hydrogens is 374 g/mol. The van der Waals surface area contributed by atoms with Gasteiger partial charge in [-0.1, -0.05) is 42.6 Å². The van der Waals surface area contributed by atoms with Gasteiger partial charge in [0.05, 0.1) is 18.1 Å². The second-order valence-electron chi connectivity index (χ2n) is 6.90. The SMILES string of the molecule is C[C@@H](O)[C@H]1C(=O)N2C(C(=O)O)=C(SC(=S)N3CC=C(CN)CC3)[C@H](C)[C@H]12. The molecule has 3 aliphatic rings. The van der Waals surface area contributed by atoms with Crippen molar-refractivity contribution in [1.82, 2.24) is 9.80 Å². The standard InChI is InChI=1S/C17H23N3O4S2/c1-8-12-11(9(2)21)15(22)20(12)13(16(23)24)14(8)26-17(25)19-5-3-10(7-18)4-6-19/h3,8-9,11-12,21H,4-7,18H2,1-2H3,(H,23,24)/t8-,9-,11-,12-/m1/s1. The molecular formula is C17H23N3O4S2. The summed E-state index contributed by atoms with van der Waals surface area (Å²) in [7, 11) is 0. The third-order valence-electron chi connectivity index (χ3n) is 5.33. The Hall–Kier alpha value is -1.42. The zero-order chi connectivity index (χ0) is 19.2. The summed E-state index contributed by atoms with van der Waals surface area (Å²) in [6.07, 6.45) is 2.09. The van der Waals surface area contributed by atoms with Gasteiger partial charge in [-0.3, -0.25) is 4.79 Å². The first-order valence-corrected chi connectivity index (χ1v) is 9.83. The Balaban J connectivity index is 1.80. The van der Waals surface area contributed by atoms with Crippen LogP contribution in [0, 0.1) is 11.8 Å². The number of thiocarbonyl (C=S) groups is 1. The van der Waals surface area contributed by atoms with E-state index in [0.29, 0.717) is 22.3 Å². The van der Waals surface area contributed by atoms with Crippen LogP contribution in [0.1, 0.15) is 20.3 Å². The number of aliphatic hydroxyl groups is 1. The van der Waals surface area contributed by atoms with Gasteiger partial charge in [0, 0.05) is 30.5 Å². The summed E-state index contributed by atoms with van der Waals surface area (Å²) in [5.41, 5.74) is 6.86. The van der Waals surface area contributed by atoms with Crippen molar-refractivity contribution in [3.05, 3.63) is 22.3 Å². The van der Waals surface area contributed by atoms with Crippen molar-refractivity contribution in [2.24, 2.45) is 17.6 Å². The van der Waals surface area contributed by atoms with Crippen molar-refractivity contribution >= 4 is 40.2 Å². The number of carboxylic acids is 1. The second kappa shape index (κ2) is 7.30. The molecule has 26 heavy (non-hydrogen) atoms. The number of aliphatic carboxylic acids is 1. The number of β-lactam (4-membered cyclic amide) rings is 1. The summed E-state index contributed by atoms with van der Waals surface area (Å²) in [5.74, 6) is -2.20. The first kappa shape index (κ1) is 19.3. The van der Waals surface area contributed by atoms with Gasteiger partial charge in [0.1, 0.15) is 10.0 Å². The predicted molar refractivity (Wildman–Crippen MR) is 103 cm³/mol. The van der Waals surface area contributed by atoms with Crippen molar-refractivity contribution in [1.29, 1.82) is 0 Å². The molecule has 1 saturated heterocycles. The van der Waals surface area contributed by atoms with Gasteiger partial charge in [-0.2, -0.15) is 0 Å². The number of nitrogens with two attached hydrogens (primary N) is 1. The number of carboxylic acid groups (broad SMARTS) is 1. The average molecular weight is 398 g/mol. The molecule has 0 aliphatic carbocycles. The van der Waals surface area contributed by atoms with Gasteiger partial charge in [-0.25, -0.2) is 4.79 Å². The molecule has 0 aromatic rings. The lowest BCUT2D eigenvalue weighted by atomic mass is 9.79. The Bertz CT molecular complexity index is 719. The smallest absolute Gasteiger partial charge is 0.353 e. The van der Waals surface area contributed by atoms with E-state index in [1.54, 1.807) is 6.92 Å². The van der Waals surface area contributed by atoms with Gasteiger partial charge in [-0.15, -0.1) is 0 Å². The molecule has 1 amide bonds. The molecule has 4 N–H and O–H groups in total. The largest absolute Gasteiger partial charge is 0.477 e. The maximum absolute atomic E-state index is 12.3. The fourth-order valence-electron chi connectivity index (χ4n) is 3.88. The Morgan fingerprint density at radius 3 is 2.73 bits per heavy atom. The minimum absolute atomic E-state index is 0.00643. The van der Waals surface area contributed by atoms with E-state index in [1.807, 2.05) is 11.8 Å². The van der Waals surface area contributed by atoms with E-state index in [2.05, 4.69) is 6.08 Å². The lowest BCUT2D eigenvalue weighted by Gasteiger charge is -2.46. The van der Waals surface area contributed by atoms with E-state index in [-0.39, 0.29) is 23.6 Å². The highest BCUT2D eigenvalue weighted by molar-refractivity contribution is 8.25. The van der Waals surface area contributed by atoms with Crippen LogP contribution < -0.4 is 5.73 Å². The summed E-state index contributed by atoms with van der Waals surface area (Å²) in [5, 5.41) is 19.5. The number of fused-ring (bicyclic) bond motifs is 1. The quantitative estimate of drug-likeness (QED) is 0.362. The van der Waals surface area contributed by atoms with Gasteiger partial charge >= 0.3 is 5.97 Å². The summed E-state index contributed by atoms with van der Waals surface area (Å²) >= 11 is 6.79. The van der Waals surface area contributed by atoms with Crippen LogP contribution in [-0.2, 0) is 9.59 Å². The first-order chi connectivity index (χ1) is 12.3. The number of aliphatic hydroxyl groups excluding tert-OH is 1. The van der Waals surface area contributed by atoms with Crippen LogP contribution in [0.2, 0.25) is 0 Å². The van der Waals surface area contributed by atoms with E-state index in [4.69, 9.17) is 18.0 Å². The van der Waals surface area contributed by atoms with E-state index in [1.165, 1.54) is 22.2 Å². The number of carbonyl (C=O) groups is 2. The molecule has 4 atom stereocenters. The maximum Gasteiger partial charge on any atom is 0.353 e. The van der Waals surface area contributed by atoms with Gasteiger partial charge in [0.25, 0.3) is 0 Å². The van der Waals surface area contributed by atoms with Crippen molar-refractivity contribution in [3.63, 3.8) is 0 Å². The monoisotopic (exact) mass is 397 g/mol. The summed E-state index contributed by atoms with van der Waals surface area (Å²) in [6, 6.07) is -0.316. The molecule has 0 radical (unpaired) electrons. The number of rotatable bonds is 4. The molecule has 3 heterocycles. The molecule has 0 spiro atoms. The van der Waals surface area contributed by atoms with E-state index >= 15 is 0 Å². The zero-order valence-corrected chi connectivity index (χ0v) is 16.3. The molecule has 9 heteroatoms. The highest BCUT2D eigenvalue weighted by atomic mass is 32.2. The first-order valence-electron chi connectivity index (χ1n) is 8.61. The molecule has 0 saturated carbocycles. The Morgan fingerprint density at radius 2 is 2.23 bits per heavy atom. The summed E-state index contributed by atoms with van der Waals surface area (Å²) in [4.78, 5) is 28.1. The minimum atomic E-state index is -1.13. The highest BCUT2D eigenvalue weighted by Crippen LogP contribution is 2.50. The Kier molecular flexibility index (Phi) is 5.43. The van der Waals surface area contributed by atoms with Gasteiger partial charge in [0.2, 0.25) is 5.91 Å². The number of hydrogen-bond donors (Lipinski definition) is 3. The molecule has 0 unspecified atom stereocenters. The molecule has 0 aromatic carbocycles. The van der Waals surface area contributed by atoms with E-state index < -0.39 is 18.0 Å². The van der Waals surface area contributed by atoms with Crippen LogP contribution in [0.4, 0.5) is 0 Å². The van der Waals surface area contributed by atoms with Crippen LogP contribution in [0.3, 0.4) is 0 Å². The number of nitrogens with zero attached hydrogens (tertiary/aromatic N) is 2. The second-order valence-corrected chi connectivity index (χ2v) is 8.58. The van der Waals surface area contributed by atoms with Crippen molar-refractivity contribution in [3.8, 4) is 0 Å². The van der Waals surface area contributed by atoms with Gasteiger partial charge < -0.3 is 25.7 Å². The summed E-state index contributed by atoms with van der Waals surface area (Å²) in [6.45, 7) is 5.41. The number of carbonyl (C=O) groups excluding carboxylic acids is 1. The molecule has 0 bridgehead atoms. The van der Waals surface area contributed by atoms with Crippen LogP contribution in [0.25, 0.3) is 0 Å². The molecule has 7 nitrogen and oxygen atoms in total. The lowest BCUT2D eigenvalue weighted by Crippen LogP contribution is -2.63. The molecule has 3 rings (SSSR count). The third kappa shape index (κ3) is 3.06. The van der Waals surface area contributed by atoms with Crippen molar-refractivity contribution < 1.29 is 19.8 Å². The van der Waals surface area contributed by atoms with E-state index in [9.17, 15) is 19.8 Å². The number of thioether (sulfide) groups is 1. The van der Waals surface area contributed by atoms with Crippen LogP contribution in [-0.4, -0.2) is 68.0 Å². The topological polar surface area (TPSA) is 107 Å². The molecule has 3 aliphatic heterocycles. The van der Waals surface area contributed by atoms with Crippen LogP contribution >= 0.6 is 24.0 Å². The zero-order valence-electron chi connectivity index (χ0n) is 14.7. The average Bonchev–Trinajstić information content (AvgIpc) is 2.84. The van der Waals surface area contributed by atoms with Gasteiger partial charge in [-0.05, 0) is 13.3 Å². The van der Waals surface area contributed by atoms with Crippen molar-refractivity contribution in [2.45, 2.75) is 32.4 Å². The Morgan fingerprint density at radius 1 is 1.54 bits per heavy atom. The maximum atomic E-state index is 12.3. The van der Waals surface area contributed by atoms with Gasteiger partial charge in [0.15, 0.2) is 0 Å². The molecule has 0 aromatic heterocycles. The highest BCUT2D eigenvalue weighted by Gasteiger charge is 2.60. The fourth-order valence-corrected chi connectivity index (χ4v) is 5.40. The van der Waals surface area contributed by atoms with Crippen LogP contribution in [0.15, 0.2) is 22.3 Å². The summed E-state index contributed by atoms with van der Waals surface area (Å²) < 4.78 is 0.599. The van der Waals surface area contributed by atoms with Crippen molar-refractivity contribution in [2.75, 3.05) is 19.6 Å².